The van der Waals surface area contributed by atoms with Gasteiger partial charge in [0.15, 0.2) is 5.76 Å². The van der Waals surface area contributed by atoms with E-state index >= 15 is 0 Å². The molecule has 0 unspecified atom stereocenters. The minimum atomic E-state index is -0.192. The molecule has 0 saturated carbocycles. The van der Waals surface area contributed by atoms with Gasteiger partial charge in [0.25, 0.3) is 5.91 Å². The number of aromatic nitrogens is 1. The fraction of sp³-hybridized carbons (Fsp3) is 0.545. The number of carbonyl (C=O) groups excluding carboxylic acids is 2. The monoisotopic (exact) mass is 387 g/mol. The molecule has 0 aliphatic carbocycles. The maximum absolute atomic E-state index is 12.3. The average molecular weight is 388 g/mol. The van der Waals surface area contributed by atoms with Crippen molar-refractivity contribution in [1.82, 2.24) is 14.8 Å². The molecule has 154 valence electrons. The Morgan fingerprint density at radius 1 is 1.18 bits per heavy atom. The van der Waals surface area contributed by atoms with Crippen LogP contribution in [0.1, 0.15) is 69.5 Å². The van der Waals surface area contributed by atoms with Gasteiger partial charge in [0.1, 0.15) is 5.76 Å². The molecule has 2 aromatic heterocycles. The molecule has 2 rings (SSSR count). The van der Waals surface area contributed by atoms with Gasteiger partial charge in [0.2, 0.25) is 5.91 Å². The number of nitrogens with zero attached hydrogens (tertiary/aromatic N) is 2. The number of furan rings is 1. The molecule has 6 heteroatoms. The van der Waals surface area contributed by atoms with E-state index in [1.807, 2.05) is 43.1 Å². The molecule has 2 heterocycles. The van der Waals surface area contributed by atoms with Gasteiger partial charge in [0.05, 0.1) is 13.1 Å². The predicted octanol–water partition coefficient (Wildman–Crippen LogP) is 4.05. The second-order valence-corrected chi connectivity index (χ2v) is 7.57. The third kappa shape index (κ3) is 5.75. The summed E-state index contributed by atoms with van der Waals surface area (Å²) in [7, 11) is 0. The molecule has 6 nitrogen and oxygen atoms in total. The highest BCUT2D eigenvalue weighted by molar-refractivity contribution is 5.91. The van der Waals surface area contributed by atoms with Gasteiger partial charge in [-0.25, -0.2) is 0 Å². The van der Waals surface area contributed by atoms with E-state index in [-0.39, 0.29) is 17.9 Å². The Hall–Kier alpha value is -2.50. The molecule has 0 aliphatic rings. The van der Waals surface area contributed by atoms with Crippen LogP contribution in [-0.2, 0) is 17.9 Å². The predicted molar refractivity (Wildman–Crippen MR) is 110 cm³/mol. The largest absolute Gasteiger partial charge is 0.454 e. The fourth-order valence-electron chi connectivity index (χ4n) is 2.93. The topological polar surface area (TPSA) is 67.5 Å². The number of carbonyl (C=O) groups is 2. The molecule has 0 fully saturated rings. The molecule has 28 heavy (non-hydrogen) atoms. The van der Waals surface area contributed by atoms with Crippen molar-refractivity contribution in [2.75, 3.05) is 6.54 Å². The summed E-state index contributed by atoms with van der Waals surface area (Å²) in [5.74, 6) is 1.36. The molecule has 2 aromatic rings. The van der Waals surface area contributed by atoms with E-state index in [0.29, 0.717) is 36.9 Å². The highest BCUT2D eigenvalue weighted by atomic mass is 16.4. The van der Waals surface area contributed by atoms with Crippen LogP contribution >= 0.6 is 0 Å². The van der Waals surface area contributed by atoms with Crippen LogP contribution in [0.25, 0.3) is 0 Å². The molecule has 0 aromatic carbocycles. The molecule has 1 atom stereocenters. The molecule has 0 radical (unpaired) electrons. The lowest BCUT2D eigenvalue weighted by atomic mass is 10.1. The summed E-state index contributed by atoms with van der Waals surface area (Å²) in [6, 6.07) is 7.62. The van der Waals surface area contributed by atoms with Crippen LogP contribution < -0.4 is 5.32 Å². The second kappa shape index (κ2) is 10.2. The van der Waals surface area contributed by atoms with Gasteiger partial charge in [-0.2, -0.15) is 0 Å². The molecule has 0 aliphatic heterocycles. The van der Waals surface area contributed by atoms with Gasteiger partial charge in [-0.1, -0.05) is 27.7 Å². The van der Waals surface area contributed by atoms with Gasteiger partial charge >= 0.3 is 0 Å². The van der Waals surface area contributed by atoms with Crippen LogP contribution in [0.3, 0.4) is 0 Å². The van der Waals surface area contributed by atoms with Gasteiger partial charge in [0, 0.05) is 30.9 Å². The Bertz CT molecular complexity index is 776. The van der Waals surface area contributed by atoms with E-state index < -0.39 is 0 Å². The first kappa shape index (κ1) is 21.8. The van der Waals surface area contributed by atoms with Crippen molar-refractivity contribution >= 4 is 11.8 Å². The third-order valence-corrected chi connectivity index (χ3v) is 5.00. The first-order valence-electron chi connectivity index (χ1n) is 10.2. The molecule has 0 saturated heterocycles. The van der Waals surface area contributed by atoms with Crippen LogP contribution in [-0.4, -0.2) is 33.9 Å². The van der Waals surface area contributed by atoms with E-state index in [1.54, 1.807) is 6.07 Å². The standard InChI is InChI=1S/C22H33N3O3/c1-6-12-25(21(26)7-2)14-18-9-8-13-24(18)15-19-10-11-20(28-19)22(27)23-17(5)16(3)4/h8-11,13,16-17H,6-7,12,14-15H2,1-5H3,(H,23,27)/t17-/m0/s1. The Morgan fingerprint density at radius 2 is 1.93 bits per heavy atom. The van der Waals surface area contributed by atoms with Crippen LogP contribution in [0.4, 0.5) is 0 Å². The maximum atomic E-state index is 12.3. The number of hydrogen-bond acceptors (Lipinski definition) is 3. The number of nitrogens with one attached hydrogen (secondary N) is 1. The zero-order valence-corrected chi connectivity index (χ0v) is 17.7. The normalized spacial score (nSPS) is 12.2. The van der Waals surface area contributed by atoms with E-state index in [9.17, 15) is 9.59 Å². The minimum Gasteiger partial charge on any atom is -0.454 e. The Labute approximate surface area is 167 Å². The van der Waals surface area contributed by atoms with Crippen LogP contribution in [0, 0.1) is 5.92 Å². The second-order valence-electron chi connectivity index (χ2n) is 7.57. The smallest absolute Gasteiger partial charge is 0.287 e. The highest BCUT2D eigenvalue weighted by Crippen LogP contribution is 2.15. The van der Waals surface area contributed by atoms with Gasteiger partial charge < -0.3 is 19.2 Å². The summed E-state index contributed by atoms with van der Waals surface area (Å²) in [4.78, 5) is 26.4. The molecule has 1 N–H and O–H groups in total. The molecular formula is C22H33N3O3. The van der Waals surface area contributed by atoms with Crippen molar-refractivity contribution in [2.45, 2.75) is 66.6 Å². The summed E-state index contributed by atoms with van der Waals surface area (Å²) in [6.07, 6.45) is 3.41. The third-order valence-electron chi connectivity index (χ3n) is 5.00. The summed E-state index contributed by atoms with van der Waals surface area (Å²) in [6.45, 7) is 11.9. The summed E-state index contributed by atoms with van der Waals surface area (Å²) >= 11 is 0. The number of rotatable bonds is 10. The van der Waals surface area contributed by atoms with Crippen molar-refractivity contribution in [3.63, 3.8) is 0 Å². The first-order valence-corrected chi connectivity index (χ1v) is 10.2. The van der Waals surface area contributed by atoms with Gasteiger partial charge in [-0.3, -0.25) is 9.59 Å². The van der Waals surface area contributed by atoms with Crippen molar-refractivity contribution < 1.29 is 14.0 Å². The maximum Gasteiger partial charge on any atom is 0.287 e. The number of hydrogen-bond donors (Lipinski definition) is 1. The zero-order valence-electron chi connectivity index (χ0n) is 17.7. The Balaban J connectivity index is 2.06. The van der Waals surface area contributed by atoms with Gasteiger partial charge in [-0.15, -0.1) is 0 Å². The van der Waals surface area contributed by atoms with Crippen molar-refractivity contribution in [3.8, 4) is 0 Å². The minimum absolute atomic E-state index is 0.0813. The zero-order chi connectivity index (χ0) is 20.7. The van der Waals surface area contributed by atoms with E-state index in [0.717, 1.165) is 18.7 Å². The molecule has 2 amide bonds. The molecular weight excluding hydrogens is 354 g/mol. The summed E-state index contributed by atoms with van der Waals surface area (Å²) < 4.78 is 7.82. The van der Waals surface area contributed by atoms with E-state index in [4.69, 9.17) is 4.42 Å². The van der Waals surface area contributed by atoms with Crippen molar-refractivity contribution in [1.29, 1.82) is 0 Å². The number of amides is 2. The van der Waals surface area contributed by atoms with Crippen LogP contribution in [0.15, 0.2) is 34.9 Å². The van der Waals surface area contributed by atoms with E-state index in [1.165, 1.54) is 0 Å². The highest BCUT2D eigenvalue weighted by Gasteiger charge is 2.17. The Kier molecular flexibility index (Phi) is 7.91. The fourth-order valence-corrected chi connectivity index (χ4v) is 2.93. The van der Waals surface area contributed by atoms with Crippen LogP contribution in [0.5, 0.6) is 0 Å². The quantitative estimate of drug-likeness (QED) is 0.669. The SMILES string of the molecule is CCCN(Cc1cccn1Cc1ccc(C(=O)N[C@@H](C)C(C)C)o1)C(=O)CC. The van der Waals surface area contributed by atoms with Crippen LogP contribution in [0.2, 0.25) is 0 Å². The first-order chi connectivity index (χ1) is 13.3. The van der Waals surface area contributed by atoms with Crippen molar-refractivity contribution in [2.24, 2.45) is 5.92 Å². The molecule has 0 spiro atoms. The average Bonchev–Trinajstić information content (AvgIpc) is 3.30. The molecule has 0 bridgehead atoms. The lowest BCUT2D eigenvalue weighted by molar-refractivity contribution is -0.131. The Morgan fingerprint density at radius 3 is 2.57 bits per heavy atom. The summed E-state index contributed by atoms with van der Waals surface area (Å²) in [5.41, 5.74) is 1.05. The van der Waals surface area contributed by atoms with Crippen molar-refractivity contribution in [3.05, 3.63) is 47.7 Å². The van der Waals surface area contributed by atoms with Gasteiger partial charge in [-0.05, 0) is 43.5 Å². The summed E-state index contributed by atoms with van der Waals surface area (Å²) in [5, 5.41) is 2.95. The van der Waals surface area contributed by atoms with E-state index in [2.05, 4.69) is 30.7 Å². The lowest BCUT2D eigenvalue weighted by Crippen LogP contribution is -2.35. The lowest BCUT2D eigenvalue weighted by Gasteiger charge is -2.22.